The number of carbonyl (C=O) groups is 3. The molecule has 1 N–H and O–H groups in total. The van der Waals surface area contributed by atoms with E-state index in [0.717, 1.165) is 10.6 Å². The average Bonchev–Trinajstić information content (AvgIpc) is 3.36. The van der Waals surface area contributed by atoms with Gasteiger partial charge in [-0.3, -0.25) is 34.0 Å². The van der Waals surface area contributed by atoms with Crippen LogP contribution in [0.25, 0.3) is 22.4 Å². The third kappa shape index (κ3) is 3.74. The monoisotopic (exact) mass is 491 g/mol. The number of imidazole rings is 1. The Morgan fingerprint density at radius 2 is 1.72 bits per heavy atom. The predicted molar refractivity (Wildman–Crippen MR) is 124 cm³/mol. The van der Waals surface area contributed by atoms with Crippen LogP contribution in [0, 0.1) is 10.1 Å². The molecule has 4 aromatic rings. The molecule has 1 aliphatic rings. The van der Waals surface area contributed by atoms with Crippen LogP contribution in [-0.4, -0.2) is 43.6 Å². The number of anilines is 1. The van der Waals surface area contributed by atoms with Crippen molar-refractivity contribution in [2.75, 3.05) is 11.9 Å². The first-order valence-electron chi connectivity index (χ1n) is 10.5. The lowest BCUT2D eigenvalue weighted by Crippen LogP contribution is -2.37. The maximum Gasteiger partial charge on any atom is 0.320 e. The molecule has 36 heavy (non-hydrogen) atoms. The Morgan fingerprint density at radius 1 is 1.00 bits per heavy atom. The van der Waals surface area contributed by atoms with Crippen LogP contribution in [-0.2, 0) is 4.79 Å². The SMILES string of the molecule is O=C(CN1C(=O)c2cccc([N+](=O)[O-])c2C1=O)Nc1ccc(-c2nc3ccccc3n2C(F)F)cc1. The standard InChI is InChI=1S/C24H15F2N5O5/c25-24(26)30-17-6-2-1-5-16(17)28-21(30)13-8-10-14(11-9-13)27-19(32)12-29-22(33)15-4-3-7-18(31(35)36)20(15)23(29)34/h1-11,24H,12H2,(H,27,32). The zero-order chi connectivity index (χ0) is 25.6. The first-order valence-corrected chi connectivity index (χ1v) is 10.5. The van der Waals surface area contributed by atoms with Gasteiger partial charge in [0.1, 0.15) is 17.9 Å². The molecule has 3 amide bonds. The van der Waals surface area contributed by atoms with Crippen molar-refractivity contribution in [2.24, 2.45) is 0 Å². The maximum absolute atomic E-state index is 13.7. The molecule has 0 bridgehead atoms. The van der Waals surface area contributed by atoms with E-state index in [1.807, 2.05) is 0 Å². The maximum atomic E-state index is 13.7. The van der Waals surface area contributed by atoms with Gasteiger partial charge in [-0.25, -0.2) is 4.98 Å². The zero-order valence-corrected chi connectivity index (χ0v) is 18.2. The lowest BCUT2D eigenvalue weighted by atomic mass is 10.1. The van der Waals surface area contributed by atoms with Crippen LogP contribution in [0.15, 0.2) is 66.7 Å². The summed E-state index contributed by atoms with van der Waals surface area (Å²) in [5.74, 6) is -2.41. The van der Waals surface area contributed by atoms with Crippen molar-refractivity contribution in [3.63, 3.8) is 0 Å². The summed E-state index contributed by atoms with van der Waals surface area (Å²) in [6, 6.07) is 16.1. The lowest BCUT2D eigenvalue weighted by Gasteiger charge is -2.14. The molecule has 0 spiro atoms. The highest BCUT2D eigenvalue weighted by Gasteiger charge is 2.41. The largest absolute Gasteiger partial charge is 0.325 e. The van der Waals surface area contributed by atoms with E-state index in [4.69, 9.17) is 0 Å². The fraction of sp³-hybridized carbons (Fsp3) is 0.0833. The van der Waals surface area contributed by atoms with Crippen LogP contribution in [0.4, 0.5) is 20.2 Å². The van der Waals surface area contributed by atoms with Gasteiger partial charge in [0.25, 0.3) is 17.5 Å². The third-order valence-corrected chi connectivity index (χ3v) is 5.69. The van der Waals surface area contributed by atoms with Crippen molar-refractivity contribution in [3.8, 4) is 11.4 Å². The number of rotatable bonds is 6. The summed E-state index contributed by atoms with van der Waals surface area (Å²) in [7, 11) is 0. The van der Waals surface area contributed by atoms with Crippen molar-refractivity contribution in [3.05, 3.63) is 88.0 Å². The summed E-state index contributed by atoms with van der Waals surface area (Å²) in [5, 5.41) is 13.7. The summed E-state index contributed by atoms with van der Waals surface area (Å²) in [5.41, 5.74) is 0.342. The van der Waals surface area contributed by atoms with Crippen LogP contribution < -0.4 is 5.32 Å². The molecule has 12 heteroatoms. The summed E-state index contributed by atoms with van der Waals surface area (Å²) in [4.78, 5) is 53.1. The molecule has 0 unspecified atom stereocenters. The van der Waals surface area contributed by atoms with Gasteiger partial charge < -0.3 is 5.32 Å². The van der Waals surface area contributed by atoms with E-state index in [1.54, 1.807) is 24.3 Å². The number of imide groups is 1. The number of nitrogens with one attached hydrogen (secondary N) is 1. The second-order valence-corrected chi connectivity index (χ2v) is 7.85. The Balaban J connectivity index is 1.33. The number of nitrogens with zero attached hydrogens (tertiary/aromatic N) is 4. The molecule has 1 aliphatic heterocycles. The van der Waals surface area contributed by atoms with E-state index in [2.05, 4.69) is 10.3 Å². The summed E-state index contributed by atoms with van der Waals surface area (Å²) < 4.78 is 28.3. The molecule has 0 aliphatic carbocycles. The van der Waals surface area contributed by atoms with Gasteiger partial charge in [0.15, 0.2) is 0 Å². The quantitative estimate of drug-likeness (QED) is 0.244. The molecule has 0 fully saturated rings. The topological polar surface area (TPSA) is 127 Å². The van der Waals surface area contributed by atoms with Gasteiger partial charge in [-0.05, 0) is 42.5 Å². The van der Waals surface area contributed by atoms with Crippen molar-refractivity contribution >= 4 is 40.1 Å². The number of alkyl halides is 2. The number of para-hydroxylation sites is 2. The van der Waals surface area contributed by atoms with Crippen molar-refractivity contribution in [2.45, 2.75) is 6.55 Å². The lowest BCUT2D eigenvalue weighted by molar-refractivity contribution is -0.385. The van der Waals surface area contributed by atoms with Crippen molar-refractivity contribution < 1.29 is 28.1 Å². The normalized spacial score (nSPS) is 12.9. The number of nitro groups is 1. The smallest absolute Gasteiger partial charge is 0.320 e. The van der Waals surface area contributed by atoms with Crippen LogP contribution >= 0.6 is 0 Å². The predicted octanol–water partition coefficient (Wildman–Crippen LogP) is 4.24. The van der Waals surface area contributed by atoms with Crippen molar-refractivity contribution in [1.29, 1.82) is 0 Å². The highest BCUT2D eigenvalue weighted by molar-refractivity contribution is 6.24. The summed E-state index contributed by atoms with van der Waals surface area (Å²) in [6.07, 6.45) is 0. The number of hydrogen-bond acceptors (Lipinski definition) is 6. The van der Waals surface area contributed by atoms with Crippen LogP contribution in [0.1, 0.15) is 27.3 Å². The molecule has 0 atom stereocenters. The number of carbonyl (C=O) groups excluding carboxylic acids is 3. The fourth-order valence-corrected chi connectivity index (χ4v) is 4.10. The number of fused-ring (bicyclic) bond motifs is 2. The van der Waals surface area contributed by atoms with Gasteiger partial charge in [-0.2, -0.15) is 8.78 Å². The minimum Gasteiger partial charge on any atom is -0.325 e. The van der Waals surface area contributed by atoms with Crippen LogP contribution in [0.3, 0.4) is 0 Å². The number of aromatic nitrogens is 2. The minimum atomic E-state index is -2.82. The van der Waals surface area contributed by atoms with Crippen LogP contribution in [0.2, 0.25) is 0 Å². The van der Waals surface area contributed by atoms with Crippen LogP contribution in [0.5, 0.6) is 0 Å². The highest BCUT2D eigenvalue weighted by Crippen LogP contribution is 2.32. The highest BCUT2D eigenvalue weighted by atomic mass is 19.3. The van der Waals surface area contributed by atoms with Gasteiger partial charge in [0, 0.05) is 17.3 Å². The van der Waals surface area contributed by atoms with Gasteiger partial charge >= 0.3 is 6.55 Å². The van der Waals surface area contributed by atoms with E-state index >= 15 is 0 Å². The number of nitro benzene ring substituents is 1. The van der Waals surface area contributed by atoms with Gasteiger partial charge in [0.05, 0.1) is 21.5 Å². The fourth-order valence-electron chi connectivity index (χ4n) is 4.10. The Kier molecular flexibility index (Phi) is 5.47. The van der Waals surface area contributed by atoms with E-state index in [9.17, 15) is 33.3 Å². The molecule has 0 saturated heterocycles. The van der Waals surface area contributed by atoms with Gasteiger partial charge in [-0.1, -0.05) is 18.2 Å². The second kappa shape index (κ2) is 8.65. The zero-order valence-electron chi connectivity index (χ0n) is 18.2. The van der Waals surface area contributed by atoms with E-state index in [0.29, 0.717) is 16.0 Å². The first-order chi connectivity index (χ1) is 17.3. The Morgan fingerprint density at radius 3 is 2.42 bits per heavy atom. The molecule has 3 aromatic carbocycles. The van der Waals surface area contributed by atoms with E-state index in [-0.39, 0.29) is 28.2 Å². The third-order valence-electron chi connectivity index (χ3n) is 5.69. The minimum absolute atomic E-state index is 0.0525. The van der Waals surface area contributed by atoms with Gasteiger partial charge in [0.2, 0.25) is 5.91 Å². The molecule has 1 aromatic heterocycles. The molecule has 2 heterocycles. The Hall–Kier alpha value is -5.00. The Bertz CT molecular complexity index is 1570. The molecular formula is C24H15F2N5O5. The number of halogens is 2. The number of benzene rings is 3. The Labute approximate surface area is 200 Å². The average molecular weight is 491 g/mol. The molecule has 5 rings (SSSR count). The summed E-state index contributed by atoms with van der Waals surface area (Å²) >= 11 is 0. The number of hydrogen-bond donors (Lipinski definition) is 1. The van der Waals surface area contributed by atoms with E-state index in [1.165, 1.54) is 36.4 Å². The summed E-state index contributed by atoms with van der Waals surface area (Å²) in [6.45, 7) is -3.48. The molecular weight excluding hydrogens is 476 g/mol. The van der Waals surface area contributed by atoms with E-state index < -0.39 is 41.4 Å². The molecule has 180 valence electrons. The molecule has 10 nitrogen and oxygen atoms in total. The molecule has 0 radical (unpaired) electrons. The van der Waals surface area contributed by atoms with Crippen molar-refractivity contribution in [1.82, 2.24) is 14.5 Å². The second-order valence-electron chi connectivity index (χ2n) is 7.85. The van der Waals surface area contributed by atoms with Gasteiger partial charge in [-0.15, -0.1) is 0 Å². The first kappa shape index (κ1) is 22.8. The number of amides is 3. The molecule has 0 saturated carbocycles.